The van der Waals surface area contributed by atoms with Crippen molar-refractivity contribution in [1.82, 2.24) is 29.1 Å². The fourth-order valence-corrected chi connectivity index (χ4v) is 6.19. The molecule has 0 bridgehead atoms. The highest BCUT2D eigenvalue weighted by Gasteiger charge is 2.21. The molecule has 9 rings (SSSR count). The molecule has 6 nitrogen and oxygen atoms in total. The summed E-state index contributed by atoms with van der Waals surface area (Å²) in [6.45, 7) is 0. The zero-order valence-corrected chi connectivity index (χ0v) is 23.5. The van der Waals surface area contributed by atoms with Crippen molar-refractivity contribution in [2.24, 2.45) is 0 Å². The van der Waals surface area contributed by atoms with Gasteiger partial charge in [-0.15, -0.1) is 0 Å². The predicted molar refractivity (Wildman–Crippen MR) is 177 cm³/mol. The number of hydrogen-bond acceptors (Lipinski definition) is 4. The van der Waals surface area contributed by atoms with E-state index in [0.29, 0.717) is 17.6 Å². The molecule has 0 radical (unpaired) electrons. The van der Waals surface area contributed by atoms with Gasteiger partial charge in [0.05, 0.1) is 22.1 Å². The highest BCUT2D eigenvalue weighted by molar-refractivity contribution is 6.15. The van der Waals surface area contributed by atoms with Gasteiger partial charge in [0, 0.05) is 33.0 Å². The molecule has 4 heterocycles. The number of pyridine rings is 1. The minimum Gasteiger partial charge on any atom is -0.294 e. The lowest BCUT2D eigenvalue weighted by Gasteiger charge is -2.11. The van der Waals surface area contributed by atoms with Crippen LogP contribution in [0, 0.1) is 0 Å². The maximum atomic E-state index is 5.40. The molecule has 206 valence electrons. The van der Waals surface area contributed by atoms with Gasteiger partial charge in [0.15, 0.2) is 11.6 Å². The lowest BCUT2D eigenvalue weighted by Crippen LogP contribution is -2.06. The van der Waals surface area contributed by atoms with Crippen molar-refractivity contribution in [3.8, 4) is 34.4 Å². The molecule has 0 saturated heterocycles. The largest absolute Gasteiger partial charge is 0.294 e. The molecule has 0 unspecified atom stereocenters. The molecular weight excluding hydrogens is 540 g/mol. The third-order valence-corrected chi connectivity index (χ3v) is 8.17. The SMILES string of the molecule is c1ccc(-c2nc(-c3ccccc3)nc(-n3c4ccccc4c4nc5c(cc43)c3ccccc3n5-c3ccccc3)n2)cc1. The number of benzene rings is 5. The molecule has 0 aliphatic heterocycles. The van der Waals surface area contributed by atoms with Crippen LogP contribution in [0.2, 0.25) is 0 Å². The van der Waals surface area contributed by atoms with E-state index in [-0.39, 0.29) is 0 Å². The average Bonchev–Trinajstić information content (AvgIpc) is 3.60. The van der Waals surface area contributed by atoms with Gasteiger partial charge < -0.3 is 0 Å². The fraction of sp³-hybridized carbons (Fsp3) is 0. The maximum absolute atomic E-state index is 5.40. The van der Waals surface area contributed by atoms with E-state index in [0.717, 1.165) is 60.7 Å². The van der Waals surface area contributed by atoms with E-state index in [9.17, 15) is 0 Å². The Morgan fingerprint density at radius 3 is 1.55 bits per heavy atom. The second-order valence-corrected chi connectivity index (χ2v) is 10.8. The standard InChI is InChI=1S/C38H24N6/c1-4-14-25(15-5-1)35-40-36(26-16-6-2-7-17-26)42-38(41-35)44-32-23-13-11-21-29(32)34-33(44)24-30-28-20-10-12-22-31(28)43(37(30)39-34)27-18-8-3-9-19-27/h1-24H. The number of fused-ring (bicyclic) bond motifs is 6. The van der Waals surface area contributed by atoms with Crippen LogP contribution >= 0.6 is 0 Å². The first-order valence-corrected chi connectivity index (χ1v) is 14.6. The zero-order chi connectivity index (χ0) is 29.0. The molecule has 0 saturated carbocycles. The first-order valence-electron chi connectivity index (χ1n) is 14.6. The summed E-state index contributed by atoms with van der Waals surface area (Å²) in [5.41, 5.74) is 7.80. The van der Waals surface area contributed by atoms with Crippen molar-refractivity contribution in [3.05, 3.63) is 146 Å². The van der Waals surface area contributed by atoms with Crippen molar-refractivity contribution < 1.29 is 0 Å². The second kappa shape index (κ2) is 9.71. The molecule has 5 aromatic carbocycles. The Balaban J connectivity index is 1.40. The third-order valence-electron chi connectivity index (χ3n) is 8.17. The van der Waals surface area contributed by atoms with Gasteiger partial charge in [-0.25, -0.2) is 9.97 Å². The third kappa shape index (κ3) is 3.75. The lowest BCUT2D eigenvalue weighted by molar-refractivity contribution is 0.953. The summed E-state index contributed by atoms with van der Waals surface area (Å²) in [6.07, 6.45) is 0. The van der Waals surface area contributed by atoms with Crippen LogP contribution < -0.4 is 0 Å². The van der Waals surface area contributed by atoms with Crippen molar-refractivity contribution >= 4 is 43.9 Å². The summed E-state index contributed by atoms with van der Waals surface area (Å²) in [7, 11) is 0. The molecule has 44 heavy (non-hydrogen) atoms. The summed E-state index contributed by atoms with van der Waals surface area (Å²) < 4.78 is 4.38. The van der Waals surface area contributed by atoms with Gasteiger partial charge >= 0.3 is 0 Å². The topological polar surface area (TPSA) is 61.4 Å². The van der Waals surface area contributed by atoms with Crippen LogP contribution in [0.15, 0.2) is 146 Å². The predicted octanol–water partition coefficient (Wildman–Crippen LogP) is 8.79. The molecule has 4 aromatic heterocycles. The van der Waals surface area contributed by atoms with Gasteiger partial charge in [0.2, 0.25) is 5.95 Å². The number of nitrogens with zero attached hydrogens (tertiary/aromatic N) is 6. The first kappa shape index (κ1) is 24.5. The molecule has 6 heteroatoms. The molecule has 0 aliphatic rings. The lowest BCUT2D eigenvalue weighted by atomic mass is 10.2. The minimum absolute atomic E-state index is 0.553. The Bertz CT molecular complexity index is 2420. The van der Waals surface area contributed by atoms with Crippen LogP contribution in [0.25, 0.3) is 78.3 Å². The van der Waals surface area contributed by atoms with E-state index < -0.39 is 0 Å². The highest BCUT2D eigenvalue weighted by atomic mass is 15.2. The minimum atomic E-state index is 0.553. The monoisotopic (exact) mass is 564 g/mol. The molecular formula is C38H24N6. The smallest absolute Gasteiger partial charge is 0.238 e. The molecule has 0 atom stereocenters. The van der Waals surface area contributed by atoms with Crippen molar-refractivity contribution in [3.63, 3.8) is 0 Å². The van der Waals surface area contributed by atoms with Crippen LogP contribution in [-0.4, -0.2) is 29.1 Å². The fourth-order valence-electron chi connectivity index (χ4n) is 6.19. The van der Waals surface area contributed by atoms with Crippen LogP contribution in [0.5, 0.6) is 0 Å². The van der Waals surface area contributed by atoms with Crippen molar-refractivity contribution in [1.29, 1.82) is 0 Å². The summed E-state index contributed by atoms with van der Waals surface area (Å²) in [5, 5.41) is 3.25. The number of para-hydroxylation sites is 3. The molecule has 9 aromatic rings. The van der Waals surface area contributed by atoms with Gasteiger partial charge in [-0.1, -0.05) is 115 Å². The number of rotatable bonds is 4. The van der Waals surface area contributed by atoms with E-state index >= 15 is 0 Å². The molecule has 0 spiro atoms. The van der Waals surface area contributed by atoms with E-state index in [2.05, 4.69) is 81.9 Å². The van der Waals surface area contributed by atoms with Crippen molar-refractivity contribution in [2.45, 2.75) is 0 Å². The summed E-state index contributed by atoms with van der Waals surface area (Å²) in [6, 6.07) is 49.6. The average molecular weight is 565 g/mol. The molecule has 0 N–H and O–H groups in total. The Morgan fingerprint density at radius 2 is 0.909 bits per heavy atom. The Labute approximate surface area is 252 Å². The van der Waals surface area contributed by atoms with E-state index in [4.69, 9.17) is 19.9 Å². The van der Waals surface area contributed by atoms with E-state index in [1.807, 2.05) is 72.8 Å². The Hall–Kier alpha value is -6.14. The van der Waals surface area contributed by atoms with E-state index in [1.54, 1.807) is 0 Å². The van der Waals surface area contributed by atoms with Crippen LogP contribution in [-0.2, 0) is 0 Å². The Kier molecular flexibility index (Phi) is 5.40. The number of hydrogen-bond donors (Lipinski definition) is 0. The number of aromatic nitrogens is 6. The zero-order valence-electron chi connectivity index (χ0n) is 23.5. The van der Waals surface area contributed by atoms with Crippen LogP contribution in [0.3, 0.4) is 0 Å². The van der Waals surface area contributed by atoms with Gasteiger partial charge in [-0.05, 0) is 30.3 Å². The first-order chi connectivity index (χ1) is 21.8. The van der Waals surface area contributed by atoms with Gasteiger partial charge in [0.1, 0.15) is 5.65 Å². The summed E-state index contributed by atoms with van der Waals surface area (Å²) in [5.74, 6) is 1.79. The van der Waals surface area contributed by atoms with E-state index in [1.165, 1.54) is 0 Å². The van der Waals surface area contributed by atoms with Gasteiger partial charge in [-0.2, -0.15) is 9.97 Å². The summed E-state index contributed by atoms with van der Waals surface area (Å²) >= 11 is 0. The molecule has 0 amide bonds. The summed E-state index contributed by atoms with van der Waals surface area (Å²) in [4.78, 5) is 20.5. The van der Waals surface area contributed by atoms with Crippen molar-refractivity contribution in [2.75, 3.05) is 0 Å². The second-order valence-electron chi connectivity index (χ2n) is 10.8. The normalized spacial score (nSPS) is 11.6. The Morgan fingerprint density at radius 1 is 0.386 bits per heavy atom. The molecule has 0 fully saturated rings. The highest BCUT2D eigenvalue weighted by Crippen LogP contribution is 2.37. The van der Waals surface area contributed by atoms with Crippen LogP contribution in [0.1, 0.15) is 0 Å². The van der Waals surface area contributed by atoms with Gasteiger partial charge in [0.25, 0.3) is 0 Å². The van der Waals surface area contributed by atoms with Crippen LogP contribution in [0.4, 0.5) is 0 Å². The molecule has 0 aliphatic carbocycles. The quantitative estimate of drug-likeness (QED) is 0.214. The van der Waals surface area contributed by atoms with Gasteiger partial charge in [-0.3, -0.25) is 9.13 Å². The maximum Gasteiger partial charge on any atom is 0.238 e.